The molecule has 1 N–H and O–H groups in total. The molecule has 0 radical (unpaired) electrons. The maximum atomic E-state index is 12.4. The smallest absolute Gasteiger partial charge is 0.311 e. The number of carbonyl (C=O) groups is 1. The Morgan fingerprint density at radius 2 is 2.00 bits per heavy atom. The minimum Gasteiger partial charge on any atom is -0.460 e. The van der Waals surface area contributed by atoms with Gasteiger partial charge in [0.1, 0.15) is 5.60 Å². The molecule has 0 amide bonds. The summed E-state index contributed by atoms with van der Waals surface area (Å²) in [6, 6.07) is 8.42. The zero-order valence-electron chi connectivity index (χ0n) is 12.9. The third kappa shape index (κ3) is 3.40. The van der Waals surface area contributed by atoms with Crippen LogP contribution < -0.4 is 5.32 Å². The zero-order valence-corrected chi connectivity index (χ0v) is 12.9. The first-order chi connectivity index (χ1) is 9.42. The molecule has 3 nitrogen and oxygen atoms in total. The van der Waals surface area contributed by atoms with E-state index >= 15 is 0 Å². The highest BCUT2D eigenvalue weighted by Gasteiger charge is 2.37. The molecule has 2 unspecified atom stereocenters. The summed E-state index contributed by atoms with van der Waals surface area (Å²) >= 11 is 0. The van der Waals surface area contributed by atoms with E-state index in [1.807, 2.05) is 20.8 Å². The summed E-state index contributed by atoms with van der Waals surface area (Å²) in [6.45, 7) is 9.47. The molecule has 1 aromatic rings. The lowest BCUT2D eigenvalue weighted by molar-refractivity contribution is -0.159. The summed E-state index contributed by atoms with van der Waals surface area (Å²) in [5.41, 5.74) is 2.19. The van der Waals surface area contributed by atoms with E-state index in [1.165, 1.54) is 11.1 Å². The Bertz CT molecular complexity index is 476. The number of nitrogens with one attached hydrogen (secondary N) is 1. The molecule has 3 heteroatoms. The maximum absolute atomic E-state index is 12.4. The minimum absolute atomic E-state index is 0.0816. The molecule has 110 valence electrons. The van der Waals surface area contributed by atoms with Gasteiger partial charge in [-0.3, -0.25) is 4.79 Å². The van der Waals surface area contributed by atoms with Gasteiger partial charge in [-0.05, 0) is 38.3 Å². The van der Waals surface area contributed by atoms with E-state index < -0.39 is 5.60 Å². The Balaban J connectivity index is 2.21. The molecule has 2 atom stereocenters. The van der Waals surface area contributed by atoms with Crippen LogP contribution in [-0.2, 0) is 16.0 Å². The largest absolute Gasteiger partial charge is 0.460 e. The predicted octanol–water partition coefficient (Wildman–Crippen LogP) is 2.89. The van der Waals surface area contributed by atoms with Gasteiger partial charge in [-0.1, -0.05) is 31.2 Å². The summed E-state index contributed by atoms with van der Waals surface area (Å²) in [6.07, 6.45) is 0.994. The van der Waals surface area contributed by atoms with Crippen LogP contribution in [0, 0.1) is 5.92 Å². The van der Waals surface area contributed by atoms with Gasteiger partial charge in [0, 0.05) is 19.0 Å². The molecule has 1 aliphatic heterocycles. The van der Waals surface area contributed by atoms with Crippen LogP contribution in [-0.4, -0.2) is 24.7 Å². The topological polar surface area (TPSA) is 38.3 Å². The second-order valence-electron chi connectivity index (χ2n) is 6.46. The molecule has 1 aromatic carbocycles. The van der Waals surface area contributed by atoms with Gasteiger partial charge in [0.2, 0.25) is 0 Å². The van der Waals surface area contributed by atoms with E-state index in [9.17, 15) is 4.79 Å². The fourth-order valence-electron chi connectivity index (χ4n) is 2.85. The molecule has 1 fully saturated rings. The van der Waals surface area contributed by atoms with Gasteiger partial charge in [0.05, 0.1) is 5.92 Å². The number of rotatable bonds is 3. The lowest BCUT2D eigenvalue weighted by Crippen LogP contribution is -2.32. The third-order valence-electron chi connectivity index (χ3n) is 3.76. The summed E-state index contributed by atoms with van der Waals surface area (Å²) in [5.74, 6) is 0.0568. The molecule has 0 bridgehead atoms. The fourth-order valence-corrected chi connectivity index (χ4v) is 2.85. The number of esters is 1. The standard InChI is InChI=1S/C17H25NO2/c1-5-12-8-6-7-9-13(12)14-10-18-11-15(14)16(19)20-17(2,3)4/h6-9,14-15,18H,5,10-11H2,1-4H3. The van der Waals surface area contributed by atoms with E-state index in [-0.39, 0.29) is 17.8 Å². The quantitative estimate of drug-likeness (QED) is 0.862. The van der Waals surface area contributed by atoms with Gasteiger partial charge in [0.25, 0.3) is 0 Å². The van der Waals surface area contributed by atoms with Crippen LogP contribution in [0.15, 0.2) is 24.3 Å². The number of hydrogen-bond acceptors (Lipinski definition) is 3. The van der Waals surface area contributed by atoms with Gasteiger partial charge in [-0.15, -0.1) is 0 Å². The second-order valence-corrected chi connectivity index (χ2v) is 6.46. The van der Waals surface area contributed by atoms with E-state index in [2.05, 4.69) is 36.5 Å². The van der Waals surface area contributed by atoms with Crippen molar-refractivity contribution in [3.05, 3.63) is 35.4 Å². The van der Waals surface area contributed by atoms with Crippen molar-refractivity contribution in [1.29, 1.82) is 0 Å². The first-order valence-corrected chi connectivity index (χ1v) is 7.43. The minimum atomic E-state index is -0.422. The Labute approximate surface area is 121 Å². The predicted molar refractivity (Wildman–Crippen MR) is 80.8 cm³/mol. The summed E-state index contributed by atoms with van der Waals surface area (Å²) in [7, 11) is 0. The summed E-state index contributed by atoms with van der Waals surface area (Å²) in [5, 5.41) is 3.34. The SMILES string of the molecule is CCc1ccccc1C1CNCC1C(=O)OC(C)(C)C. The summed E-state index contributed by atoms with van der Waals surface area (Å²) < 4.78 is 5.57. The Morgan fingerprint density at radius 1 is 1.30 bits per heavy atom. The number of aryl methyl sites for hydroxylation is 1. The average molecular weight is 275 g/mol. The van der Waals surface area contributed by atoms with E-state index in [0.29, 0.717) is 6.54 Å². The van der Waals surface area contributed by atoms with Crippen molar-refractivity contribution in [2.24, 2.45) is 5.92 Å². The van der Waals surface area contributed by atoms with E-state index in [0.717, 1.165) is 13.0 Å². The van der Waals surface area contributed by atoms with Crippen LogP contribution in [0.5, 0.6) is 0 Å². The molecule has 1 aliphatic rings. The number of ether oxygens (including phenoxy) is 1. The Morgan fingerprint density at radius 3 is 2.65 bits per heavy atom. The summed E-state index contributed by atoms with van der Waals surface area (Å²) in [4.78, 5) is 12.4. The van der Waals surface area contributed by atoms with Crippen LogP contribution in [0.4, 0.5) is 0 Å². The highest BCUT2D eigenvalue weighted by Crippen LogP contribution is 2.32. The number of carbonyl (C=O) groups excluding carboxylic acids is 1. The monoisotopic (exact) mass is 275 g/mol. The zero-order chi connectivity index (χ0) is 14.8. The molecule has 1 heterocycles. The normalized spacial score (nSPS) is 22.8. The van der Waals surface area contributed by atoms with Crippen molar-refractivity contribution in [3.8, 4) is 0 Å². The van der Waals surface area contributed by atoms with E-state index in [4.69, 9.17) is 4.74 Å². The first kappa shape index (κ1) is 15.0. The van der Waals surface area contributed by atoms with E-state index in [1.54, 1.807) is 0 Å². The van der Waals surface area contributed by atoms with Gasteiger partial charge >= 0.3 is 5.97 Å². The van der Waals surface area contributed by atoms with Crippen molar-refractivity contribution in [1.82, 2.24) is 5.32 Å². The highest BCUT2D eigenvalue weighted by molar-refractivity contribution is 5.75. The molecule has 2 rings (SSSR count). The Hall–Kier alpha value is -1.35. The number of hydrogen-bond donors (Lipinski definition) is 1. The van der Waals surface area contributed by atoms with Gasteiger partial charge in [0.15, 0.2) is 0 Å². The van der Waals surface area contributed by atoms with Gasteiger partial charge in [-0.2, -0.15) is 0 Å². The van der Waals surface area contributed by atoms with Crippen molar-refractivity contribution < 1.29 is 9.53 Å². The molecule has 0 aromatic heterocycles. The number of benzene rings is 1. The fraction of sp³-hybridized carbons (Fsp3) is 0.588. The molecule has 0 saturated carbocycles. The van der Waals surface area contributed by atoms with Crippen LogP contribution in [0.3, 0.4) is 0 Å². The van der Waals surface area contributed by atoms with Gasteiger partial charge < -0.3 is 10.1 Å². The second kappa shape index (κ2) is 5.96. The molecule has 20 heavy (non-hydrogen) atoms. The maximum Gasteiger partial charge on any atom is 0.311 e. The van der Waals surface area contributed by atoms with Crippen LogP contribution in [0.1, 0.15) is 44.7 Å². The lowest BCUT2D eigenvalue weighted by Gasteiger charge is -2.25. The average Bonchev–Trinajstić information content (AvgIpc) is 2.85. The van der Waals surface area contributed by atoms with Crippen LogP contribution in [0.25, 0.3) is 0 Å². The molecule has 0 spiro atoms. The van der Waals surface area contributed by atoms with Crippen molar-refractivity contribution in [2.75, 3.05) is 13.1 Å². The van der Waals surface area contributed by atoms with Crippen molar-refractivity contribution in [3.63, 3.8) is 0 Å². The molecular formula is C17H25NO2. The lowest BCUT2D eigenvalue weighted by atomic mass is 9.85. The third-order valence-corrected chi connectivity index (χ3v) is 3.76. The van der Waals surface area contributed by atoms with Crippen molar-refractivity contribution >= 4 is 5.97 Å². The van der Waals surface area contributed by atoms with Crippen LogP contribution >= 0.6 is 0 Å². The van der Waals surface area contributed by atoms with Gasteiger partial charge in [-0.25, -0.2) is 0 Å². The molecule has 1 saturated heterocycles. The van der Waals surface area contributed by atoms with Crippen molar-refractivity contribution in [2.45, 2.75) is 45.6 Å². The van der Waals surface area contributed by atoms with Crippen LogP contribution in [0.2, 0.25) is 0 Å². The molecule has 0 aliphatic carbocycles. The first-order valence-electron chi connectivity index (χ1n) is 7.43. The molecular weight excluding hydrogens is 250 g/mol. The highest BCUT2D eigenvalue weighted by atomic mass is 16.6. The Kier molecular flexibility index (Phi) is 4.48.